The molecule has 1 N–H and O–H groups in total. The summed E-state index contributed by atoms with van der Waals surface area (Å²) in [5, 5.41) is 3.24. The van der Waals surface area contributed by atoms with Crippen molar-refractivity contribution < 1.29 is 19.1 Å². The zero-order valence-corrected chi connectivity index (χ0v) is 18.1. The van der Waals surface area contributed by atoms with Gasteiger partial charge in [-0.2, -0.15) is 0 Å². The summed E-state index contributed by atoms with van der Waals surface area (Å²) in [6.45, 7) is 8.61. The van der Waals surface area contributed by atoms with E-state index in [1.165, 1.54) is 5.56 Å². The van der Waals surface area contributed by atoms with E-state index >= 15 is 0 Å². The highest BCUT2D eigenvalue weighted by Crippen LogP contribution is 2.36. The molecule has 0 unspecified atom stereocenters. The van der Waals surface area contributed by atoms with Crippen LogP contribution in [-0.4, -0.2) is 66.4 Å². The summed E-state index contributed by atoms with van der Waals surface area (Å²) in [5.41, 5.74) is 1.62. The predicted octanol–water partition coefficient (Wildman–Crippen LogP) is 3.13. The number of hydrogen-bond acceptors (Lipinski definition) is 6. The fourth-order valence-corrected chi connectivity index (χ4v) is 4.43. The number of amides is 2. The van der Waals surface area contributed by atoms with Gasteiger partial charge in [0.2, 0.25) is 5.91 Å². The number of ether oxygens (including phenoxy) is 2. The molecule has 8 nitrogen and oxygen atoms in total. The quantitative estimate of drug-likeness (QED) is 0.797. The van der Waals surface area contributed by atoms with Gasteiger partial charge < -0.3 is 19.7 Å². The van der Waals surface area contributed by atoms with Crippen molar-refractivity contribution in [2.45, 2.75) is 64.0 Å². The molecule has 3 aliphatic rings. The van der Waals surface area contributed by atoms with Crippen LogP contribution in [0.25, 0.3) is 0 Å². The average Bonchev–Trinajstić information content (AvgIpc) is 2.73. The number of carbonyl (C=O) groups excluding carboxylic acids is 2. The standard InChI is InChI=1S/C22H32N4O4/c1-22(2,3)30-21(28)25-8-4-17(5-9-25)26-19(27)14-23-18-12-16(13-24-20(18)26)15-6-10-29-11-7-15/h12-13,15,17,23H,4-11,14H2,1-3H3. The van der Waals surface area contributed by atoms with E-state index in [-0.39, 0.29) is 24.6 Å². The van der Waals surface area contributed by atoms with Gasteiger partial charge >= 0.3 is 6.09 Å². The molecule has 30 heavy (non-hydrogen) atoms. The molecular weight excluding hydrogens is 384 g/mol. The molecule has 0 aromatic carbocycles. The van der Waals surface area contributed by atoms with E-state index < -0.39 is 5.60 Å². The highest BCUT2D eigenvalue weighted by Gasteiger charge is 2.36. The third-order valence-corrected chi connectivity index (χ3v) is 5.99. The molecule has 2 saturated heterocycles. The van der Waals surface area contributed by atoms with Crippen molar-refractivity contribution in [2.24, 2.45) is 0 Å². The molecule has 1 aromatic heterocycles. The Hall–Kier alpha value is -2.35. The highest BCUT2D eigenvalue weighted by molar-refractivity contribution is 6.02. The van der Waals surface area contributed by atoms with Gasteiger partial charge in [-0.05, 0) is 64.0 Å². The molecule has 0 radical (unpaired) electrons. The summed E-state index contributed by atoms with van der Waals surface area (Å²) in [5.74, 6) is 1.20. The fraction of sp³-hybridized carbons (Fsp3) is 0.682. The molecule has 2 amide bonds. The lowest BCUT2D eigenvalue weighted by atomic mass is 9.92. The highest BCUT2D eigenvalue weighted by atomic mass is 16.6. The number of pyridine rings is 1. The lowest BCUT2D eigenvalue weighted by molar-refractivity contribution is -0.117. The maximum absolute atomic E-state index is 12.7. The van der Waals surface area contributed by atoms with E-state index in [4.69, 9.17) is 14.5 Å². The Kier molecular flexibility index (Phi) is 5.86. The predicted molar refractivity (Wildman–Crippen MR) is 114 cm³/mol. The summed E-state index contributed by atoms with van der Waals surface area (Å²) in [4.78, 5) is 33.4. The Labute approximate surface area is 177 Å². The molecule has 4 rings (SSSR count). The van der Waals surface area contributed by atoms with Gasteiger partial charge in [-0.3, -0.25) is 9.69 Å². The largest absolute Gasteiger partial charge is 0.444 e. The van der Waals surface area contributed by atoms with Crippen LogP contribution < -0.4 is 10.2 Å². The van der Waals surface area contributed by atoms with Crippen molar-refractivity contribution in [3.8, 4) is 0 Å². The van der Waals surface area contributed by atoms with Gasteiger partial charge in [-0.25, -0.2) is 9.78 Å². The molecule has 0 aliphatic carbocycles. The van der Waals surface area contributed by atoms with Gasteiger partial charge in [-0.15, -0.1) is 0 Å². The number of likely N-dealkylation sites (tertiary alicyclic amines) is 1. The van der Waals surface area contributed by atoms with Crippen LogP contribution in [0.2, 0.25) is 0 Å². The summed E-state index contributed by atoms with van der Waals surface area (Å²) < 4.78 is 11.0. The molecule has 0 bridgehead atoms. The minimum Gasteiger partial charge on any atom is -0.444 e. The first-order valence-electron chi connectivity index (χ1n) is 10.9. The number of nitrogens with zero attached hydrogens (tertiary/aromatic N) is 3. The maximum Gasteiger partial charge on any atom is 0.410 e. The van der Waals surface area contributed by atoms with Crippen molar-refractivity contribution in [1.29, 1.82) is 0 Å². The van der Waals surface area contributed by atoms with Crippen LogP contribution in [-0.2, 0) is 14.3 Å². The molecule has 4 heterocycles. The van der Waals surface area contributed by atoms with Crippen LogP contribution in [0.4, 0.5) is 16.3 Å². The van der Waals surface area contributed by atoms with Gasteiger partial charge in [0.1, 0.15) is 5.60 Å². The van der Waals surface area contributed by atoms with Crippen LogP contribution in [0.5, 0.6) is 0 Å². The normalized spacial score (nSPS) is 21.2. The first-order chi connectivity index (χ1) is 14.3. The van der Waals surface area contributed by atoms with Crippen molar-refractivity contribution in [3.05, 3.63) is 17.8 Å². The SMILES string of the molecule is CC(C)(C)OC(=O)N1CCC(N2C(=O)CNc3cc(C4CCOCC4)cnc32)CC1. The van der Waals surface area contributed by atoms with E-state index in [0.29, 0.717) is 37.7 Å². The molecule has 0 spiro atoms. The molecule has 164 valence electrons. The van der Waals surface area contributed by atoms with E-state index in [1.807, 2.05) is 31.9 Å². The topological polar surface area (TPSA) is 84.0 Å². The van der Waals surface area contributed by atoms with Crippen LogP contribution in [0.15, 0.2) is 12.3 Å². The zero-order valence-electron chi connectivity index (χ0n) is 18.1. The van der Waals surface area contributed by atoms with E-state index in [9.17, 15) is 9.59 Å². The molecule has 8 heteroatoms. The smallest absolute Gasteiger partial charge is 0.410 e. The van der Waals surface area contributed by atoms with E-state index in [1.54, 1.807) is 4.90 Å². The Morgan fingerprint density at radius 3 is 2.57 bits per heavy atom. The third-order valence-electron chi connectivity index (χ3n) is 5.99. The van der Waals surface area contributed by atoms with Gasteiger partial charge in [0, 0.05) is 38.5 Å². The Morgan fingerprint density at radius 2 is 1.90 bits per heavy atom. The third kappa shape index (κ3) is 4.53. The van der Waals surface area contributed by atoms with Crippen LogP contribution in [0, 0.1) is 0 Å². The molecular formula is C22H32N4O4. The number of piperidine rings is 1. The maximum atomic E-state index is 12.7. The number of hydrogen-bond donors (Lipinski definition) is 1. The van der Waals surface area contributed by atoms with Gasteiger partial charge in [-0.1, -0.05) is 0 Å². The minimum atomic E-state index is -0.506. The molecule has 2 fully saturated rings. The Balaban J connectivity index is 1.45. The molecule has 3 aliphatic heterocycles. The fourth-order valence-electron chi connectivity index (χ4n) is 4.43. The lowest BCUT2D eigenvalue weighted by Gasteiger charge is -2.40. The van der Waals surface area contributed by atoms with Crippen molar-refractivity contribution in [3.63, 3.8) is 0 Å². The van der Waals surface area contributed by atoms with Crippen LogP contribution in [0.1, 0.15) is 57.9 Å². The lowest BCUT2D eigenvalue weighted by Crippen LogP contribution is -2.52. The van der Waals surface area contributed by atoms with Gasteiger partial charge in [0.05, 0.1) is 12.2 Å². The Bertz CT molecular complexity index is 793. The first kappa shape index (κ1) is 20.9. The van der Waals surface area contributed by atoms with Gasteiger partial charge in [0.25, 0.3) is 0 Å². The second-order valence-corrected chi connectivity index (χ2v) is 9.34. The number of anilines is 2. The van der Waals surface area contributed by atoms with E-state index in [2.05, 4.69) is 11.4 Å². The Morgan fingerprint density at radius 1 is 1.20 bits per heavy atom. The van der Waals surface area contributed by atoms with E-state index in [0.717, 1.165) is 31.7 Å². The molecule has 0 atom stereocenters. The first-order valence-corrected chi connectivity index (χ1v) is 10.9. The summed E-state index contributed by atoms with van der Waals surface area (Å²) >= 11 is 0. The van der Waals surface area contributed by atoms with Crippen LogP contribution >= 0.6 is 0 Å². The number of carbonyl (C=O) groups is 2. The summed E-state index contributed by atoms with van der Waals surface area (Å²) in [6, 6.07) is 2.19. The molecule has 1 aromatic rings. The monoisotopic (exact) mass is 416 g/mol. The van der Waals surface area contributed by atoms with Gasteiger partial charge in [0.15, 0.2) is 5.82 Å². The zero-order chi connectivity index (χ0) is 21.3. The minimum absolute atomic E-state index is 0.0320. The average molecular weight is 417 g/mol. The van der Waals surface area contributed by atoms with Crippen molar-refractivity contribution in [1.82, 2.24) is 9.88 Å². The van der Waals surface area contributed by atoms with Crippen molar-refractivity contribution in [2.75, 3.05) is 43.1 Å². The second-order valence-electron chi connectivity index (χ2n) is 9.34. The number of rotatable bonds is 2. The molecule has 0 saturated carbocycles. The summed E-state index contributed by atoms with van der Waals surface area (Å²) in [7, 11) is 0. The number of fused-ring (bicyclic) bond motifs is 1. The van der Waals surface area contributed by atoms with Crippen LogP contribution in [0.3, 0.4) is 0 Å². The second kappa shape index (κ2) is 8.41. The number of nitrogens with one attached hydrogen (secondary N) is 1. The number of aromatic nitrogens is 1. The van der Waals surface area contributed by atoms with Crippen molar-refractivity contribution >= 4 is 23.5 Å². The summed E-state index contributed by atoms with van der Waals surface area (Å²) in [6.07, 6.45) is 5.07.